The molecule has 0 unspecified atom stereocenters. The van der Waals surface area contributed by atoms with Crippen LogP contribution in [0.1, 0.15) is 12.8 Å². The number of hydrogen-bond donors (Lipinski definition) is 1. The number of rotatable bonds is 5. The van der Waals surface area contributed by atoms with Crippen LogP contribution >= 0.6 is 0 Å². The highest BCUT2D eigenvalue weighted by molar-refractivity contribution is 5.65. The van der Waals surface area contributed by atoms with Crippen LogP contribution in [0, 0.1) is 15.9 Å². The van der Waals surface area contributed by atoms with Crippen molar-refractivity contribution >= 4 is 17.2 Å². The number of hydrogen-bond acceptors (Lipinski definition) is 6. The van der Waals surface area contributed by atoms with Crippen LogP contribution in [0.15, 0.2) is 36.5 Å². The van der Waals surface area contributed by atoms with Crippen LogP contribution in [0.5, 0.6) is 5.75 Å². The van der Waals surface area contributed by atoms with Crippen LogP contribution in [0.3, 0.4) is 0 Å². The number of nitro groups is 1. The summed E-state index contributed by atoms with van der Waals surface area (Å²) in [5.41, 5.74) is -0.397. The van der Waals surface area contributed by atoms with Crippen LogP contribution in [0.25, 0.3) is 0 Å². The zero-order chi connectivity index (χ0) is 17.8. The van der Waals surface area contributed by atoms with Gasteiger partial charge in [0.15, 0.2) is 0 Å². The van der Waals surface area contributed by atoms with Gasteiger partial charge in [-0.05, 0) is 25.0 Å². The molecule has 2 heterocycles. The summed E-state index contributed by atoms with van der Waals surface area (Å²) in [4.78, 5) is 17.0. The fourth-order valence-corrected chi connectivity index (χ4v) is 3.00. The largest absolute Gasteiger partial charge is 0.497 e. The van der Waals surface area contributed by atoms with E-state index in [1.165, 1.54) is 13.2 Å². The highest BCUT2D eigenvalue weighted by atomic mass is 19.1. The van der Waals surface area contributed by atoms with Gasteiger partial charge in [0.1, 0.15) is 17.3 Å². The number of ether oxygens (including phenoxy) is 1. The third-order valence-electron chi connectivity index (χ3n) is 4.28. The van der Waals surface area contributed by atoms with Crippen molar-refractivity contribution in [1.82, 2.24) is 4.98 Å². The van der Waals surface area contributed by atoms with Crippen molar-refractivity contribution in [3.8, 4) is 5.75 Å². The predicted octanol–water partition coefficient (Wildman–Crippen LogP) is 3.22. The van der Waals surface area contributed by atoms with E-state index in [9.17, 15) is 14.5 Å². The minimum atomic E-state index is -0.905. The van der Waals surface area contributed by atoms with Crippen molar-refractivity contribution in [1.29, 1.82) is 0 Å². The average Bonchev–Trinajstić information content (AvgIpc) is 2.62. The van der Waals surface area contributed by atoms with Crippen molar-refractivity contribution in [3.63, 3.8) is 0 Å². The Morgan fingerprint density at radius 1 is 1.36 bits per heavy atom. The Morgan fingerprint density at radius 3 is 2.72 bits per heavy atom. The SMILES string of the molecule is COc1cc(F)c([N+](=O)[O-])c(NC2CCN(c3ccccn3)CC2)c1. The van der Waals surface area contributed by atoms with Crippen LogP contribution in [-0.4, -0.2) is 36.1 Å². The Bertz CT molecular complexity index is 749. The molecular weight excluding hydrogens is 327 g/mol. The lowest BCUT2D eigenvalue weighted by atomic mass is 10.0. The molecule has 1 aromatic heterocycles. The molecule has 8 heteroatoms. The third-order valence-corrected chi connectivity index (χ3v) is 4.28. The standard InChI is InChI=1S/C17H19FN4O3/c1-25-13-10-14(18)17(22(23)24)15(11-13)20-12-5-8-21(9-6-12)16-4-2-3-7-19-16/h2-4,7,10-12,20H,5-6,8-9H2,1H3. The van der Waals surface area contributed by atoms with E-state index in [0.29, 0.717) is 0 Å². The summed E-state index contributed by atoms with van der Waals surface area (Å²) in [5, 5.41) is 14.3. The molecule has 132 valence electrons. The Hall–Kier alpha value is -2.90. The van der Waals surface area contributed by atoms with Gasteiger partial charge in [-0.3, -0.25) is 10.1 Å². The highest BCUT2D eigenvalue weighted by Crippen LogP contribution is 2.34. The molecule has 1 fully saturated rings. The number of pyridine rings is 1. The molecule has 0 saturated carbocycles. The maximum atomic E-state index is 14.0. The summed E-state index contributed by atoms with van der Waals surface area (Å²) < 4.78 is 19.0. The van der Waals surface area contributed by atoms with Crippen molar-refractivity contribution < 1.29 is 14.1 Å². The smallest absolute Gasteiger partial charge is 0.327 e. The van der Waals surface area contributed by atoms with Crippen LogP contribution in [0.2, 0.25) is 0 Å². The zero-order valence-electron chi connectivity index (χ0n) is 13.8. The predicted molar refractivity (Wildman–Crippen MR) is 92.7 cm³/mol. The van der Waals surface area contributed by atoms with Gasteiger partial charge < -0.3 is 15.0 Å². The van der Waals surface area contributed by atoms with Gasteiger partial charge in [0.2, 0.25) is 5.82 Å². The van der Waals surface area contributed by atoms with E-state index in [4.69, 9.17) is 4.74 Å². The minimum absolute atomic E-state index is 0.0187. The van der Waals surface area contributed by atoms with E-state index in [1.54, 1.807) is 6.20 Å². The number of nitrogens with zero attached hydrogens (tertiary/aromatic N) is 3. The van der Waals surface area contributed by atoms with Crippen LogP contribution in [0.4, 0.5) is 21.6 Å². The number of piperidine rings is 1. The molecule has 2 aromatic rings. The van der Waals surface area contributed by atoms with Crippen LogP contribution in [-0.2, 0) is 0 Å². The van der Waals surface area contributed by atoms with E-state index in [2.05, 4.69) is 15.2 Å². The van der Waals surface area contributed by atoms with E-state index >= 15 is 0 Å². The van der Waals surface area contributed by atoms with Gasteiger partial charge in [-0.25, -0.2) is 4.98 Å². The molecule has 0 bridgehead atoms. The Balaban J connectivity index is 1.71. The summed E-state index contributed by atoms with van der Waals surface area (Å²) in [6, 6.07) is 8.27. The topological polar surface area (TPSA) is 80.5 Å². The van der Waals surface area contributed by atoms with Gasteiger partial charge in [0, 0.05) is 37.5 Å². The molecule has 25 heavy (non-hydrogen) atoms. The van der Waals surface area contributed by atoms with Gasteiger partial charge >= 0.3 is 5.69 Å². The highest BCUT2D eigenvalue weighted by Gasteiger charge is 2.26. The van der Waals surface area contributed by atoms with E-state index in [-0.39, 0.29) is 17.5 Å². The van der Waals surface area contributed by atoms with Gasteiger partial charge in [-0.15, -0.1) is 0 Å². The summed E-state index contributed by atoms with van der Waals surface area (Å²) in [6.07, 6.45) is 3.29. The number of aromatic nitrogens is 1. The van der Waals surface area contributed by atoms with Gasteiger partial charge in [-0.1, -0.05) is 6.07 Å². The van der Waals surface area contributed by atoms with Gasteiger partial charge in [-0.2, -0.15) is 4.39 Å². The lowest BCUT2D eigenvalue weighted by Crippen LogP contribution is -2.39. The first-order valence-corrected chi connectivity index (χ1v) is 8.03. The van der Waals surface area contributed by atoms with Crippen molar-refractivity contribution in [2.24, 2.45) is 0 Å². The second kappa shape index (κ2) is 7.33. The molecule has 7 nitrogen and oxygen atoms in total. The second-order valence-electron chi connectivity index (χ2n) is 5.86. The monoisotopic (exact) mass is 346 g/mol. The number of benzene rings is 1. The molecule has 1 N–H and O–H groups in total. The lowest BCUT2D eigenvalue weighted by Gasteiger charge is -2.33. The van der Waals surface area contributed by atoms with Crippen molar-refractivity contribution in [2.45, 2.75) is 18.9 Å². The fraction of sp³-hybridized carbons (Fsp3) is 0.353. The molecule has 0 atom stereocenters. The Morgan fingerprint density at radius 2 is 2.12 bits per heavy atom. The maximum Gasteiger partial charge on any atom is 0.327 e. The minimum Gasteiger partial charge on any atom is -0.497 e. The molecule has 1 aromatic carbocycles. The molecule has 0 spiro atoms. The van der Waals surface area contributed by atoms with Crippen LogP contribution < -0.4 is 15.0 Å². The third kappa shape index (κ3) is 3.78. The number of halogens is 1. The average molecular weight is 346 g/mol. The number of nitrogens with one attached hydrogen (secondary N) is 1. The molecule has 3 rings (SSSR count). The van der Waals surface area contributed by atoms with E-state index in [1.807, 2.05) is 18.2 Å². The van der Waals surface area contributed by atoms with Crippen molar-refractivity contribution in [3.05, 3.63) is 52.5 Å². The molecule has 0 radical (unpaired) electrons. The number of anilines is 2. The summed E-state index contributed by atoms with van der Waals surface area (Å²) >= 11 is 0. The lowest BCUT2D eigenvalue weighted by molar-refractivity contribution is -0.386. The van der Waals surface area contributed by atoms with Gasteiger partial charge in [0.05, 0.1) is 12.0 Å². The normalized spacial score (nSPS) is 15.0. The molecule has 0 aliphatic carbocycles. The number of nitro benzene ring substituents is 1. The Kier molecular flexibility index (Phi) is 4.97. The second-order valence-corrected chi connectivity index (χ2v) is 5.86. The molecule has 1 aliphatic rings. The first kappa shape index (κ1) is 16.9. The summed E-state index contributed by atoms with van der Waals surface area (Å²) in [6.45, 7) is 1.55. The number of methoxy groups -OCH3 is 1. The first-order valence-electron chi connectivity index (χ1n) is 8.03. The first-order chi connectivity index (χ1) is 12.1. The fourth-order valence-electron chi connectivity index (χ4n) is 3.00. The quantitative estimate of drug-likeness (QED) is 0.661. The Labute approximate surface area is 144 Å². The van der Waals surface area contributed by atoms with E-state index < -0.39 is 16.4 Å². The maximum absolute atomic E-state index is 14.0. The molecule has 1 saturated heterocycles. The molecule has 0 amide bonds. The van der Waals surface area contributed by atoms with Crippen molar-refractivity contribution in [2.75, 3.05) is 30.4 Å². The molecule has 1 aliphatic heterocycles. The summed E-state index contributed by atoms with van der Waals surface area (Å²) in [7, 11) is 1.40. The van der Waals surface area contributed by atoms with E-state index in [0.717, 1.165) is 37.8 Å². The summed E-state index contributed by atoms with van der Waals surface area (Å²) in [5.74, 6) is 0.258. The van der Waals surface area contributed by atoms with Gasteiger partial charge in [0.25, 0.3) is 0 Å². The zero-order valence-corrected chi connectivity index (χ0v) is 13.8. The molecular formula is C17H19FN4O3.